The van der Waals surface area contributed by atoms with Crippen molar-refractivity contribution in [3.63, 3.8) is 0 Å². The maximum absolute atomic E-state index is 5.58. The standard InChI is InChI=1S/C13H13BrN2O2S/c1-2-9(14)13-16-15-12(19-13)8-3-4-10-11(7-8)18-6-5-17-10/h3-4,7,9H,2,5-6H2,1H3. The Kier molecular flexibility index (Phi) is 3.70. The van der Waals surface area contributed by atoms with Gasteiger partial charge >= 0.3 is 0 Å². The van der Waals surface area contributed by atoms with Crippen LogP contribution in [0.5, 0.6) is 11.5 Å². The minimum absolute atomic E-state index is 0.274. The largest absolute Gasteiger partial charge is 0.486 e. The summed E-state index contributed by atoms with van der Waals surface area (Å²) in [4.78, 5) is 0.274. The molecule has 1 unspecified atom stereocenters. The van der Waals surface area contributed by atoms with Crippen molar-refractivity contribution >= 4 is 27.3 Å². The van der Waals surface area contributed by atoms with Gasteiger partial charge in [0.25, 0.3) is 0 Å². The molecule has 1 aromatic heterocycles. The molecule has 6 heteroatoms. The topological polar surface area (TPSA) is 44.2 Å². The first-order chi connectivity index (χ1) is 9.28. The van der Waals surface area contributed by atoms with Crippen LogP contribution in [-0.4, -0.2) is 23.4 Å². The van der Waals surface area contributed by atoms with Crippen molar-refractivity contribution in [1.29, 1.82) is 0 Å². The van der Waals surface area contributed by atoms with Crippen molar-refractivity contribution in [3.8, 4) is 22.1 Å². The van der Waals surface area contributed by atoms with E-state index < -0.39 is 0 Å². The second-order valence-corrected chi connectivity index (χ2v) is 6.29. The zero-order chi connectivity index (χ0) is 13.2. The summed E-state index contributed by atoms with van der Waals surface area (Å²) in [7, 11) is 0. The van der Waals surface area contributed by atoms with Crippen molar-refractivity contribution in [2.75, 3.05) is 13.2 Å². The highest BCUT2D eigenvalue weighted by atomic mass is 79.9. The van der Waals surface area contributed by atoms with E-state index in [1.807, 2.05) is 18.2 Å². The molecule has 19 heavy (non-hydrogen) atoms. The SMILES string of the molecule is CCC(Br)c1nnc(-c2ccc3c(c2)OCCO3)s1. The molecule has 0 fully saturated rings. The van der Waals surface area contributed by atoms with Gasteiger partial charge in [0.05, 0.1) is 4.83 Å². The fourth-order valence-electron chi connectivity index (χ4n) is 1.83. The summed E-state index contributed by atoms with van der Waals surface area (Å²) >= 11 is 5.20. The molecule has 0 amide bonds. The maximum Gasteiger partial charge on any atom is 0.162 e. The van der Waals surface area contributed by atoms with Crippen LogP contribution in [0.4, 0.5) is 0 Å². The zero-order valence-electron chi connectivity index (χ0n) is 10.4. The van der Waals surface area contributed by atoms with E-state index in [1.165, 1.54) is 0 Å². The van der Waals surface area contributed by atoms with Gasteiger partial charge in [-0.1, -0.05) is 34.2 Å². The van der Waals surface area contributed by atoms with Gasteiger partial charge in [-0.2, -0.15) is 0 Å². The van der Waals surface area contributed by atoms with E-state index >= 15 is 0 Å². The van der Waals surface area contributed by atoms with Crippen LogP contribution in [0, 0.1) is 0 Å². The molecule has 0 spiro atoms. The van der Waals surface area contributed by atoms with Crippen molar-refractivity contribution < 1.29 is 9.47 Å². The first kappa shape index (κ1) is 12.9. The Bertz CT molecular complexity index is 588. The third-order valence-electron chi connectivity index (χ3n) is 2.86. The van der Waals surface area contributed by atoms with E-state index in [4.69, 9.17) is 9.47 Å². The smallest absolute Gasteiger partial charge is 0.162 e. The van der Waals surface area contributed by atoms with Crippen LogP contribution in [-0.2, 0) is 0 Å². The van der Waals surface area contributed by atoms with Gasteiger partial charge in [0.15, 0.2) is 11.5 Å². The van der Waals surface area contributed by atoms with E-state index in [0.717, 1.165) is 33.5 Å². The second kappa shape index (κ2) is 5.46. The Morgan fingerprint density at radius 2 is 2.05 bits per heavy atom. The molecule has 1 aromatic carbocycles. The minimum Gasteiger partial charge on any atom is -0.486 e. The molecule has 1 aliphatic rings. The monoisotopic (exact) mass is 340 g/mol. The predicted molar refractivity (Wildman–Crippen MR) is 78.3 cm³/mol. The molecule has 2 heterocycles. The predicted octanol–water partition coefficient (Wildman–Crippen LogP) is 3.82. The fourth-order valence-corrected chi connectivity index (χ4v) is 3.10. The molecule has 0 bridgehead atoms. The van der Waals surface area contributed by atoms with Gasteiger partial charge in [-0.25, -0.2) is 0 Å². The minimum atomic E-state index is 0.274. The van der Waals surface area contributed by atoms with Gasteiger partial charge < -0.3 is 9.47 Å². The van der Waals surface area contributed by atoms with Crippen LogP contribution in [0.15, 0.2) is 18.2 Å². The number of rotatable bonds is 3. The second-order valence-electron chi connectivity index (χ2n) is 4.18. The molecular weight excluding hydrogens is 328 g/mol. The number of nitrogens with zero attached hydrogens (tertiary/aromatic N) is 2. The molecule has 1 aliphatic heterocycles. The summed E-state index contributed by atoms with van der Waals surface area (Å²) in [6.45, 7) is 3.32. The molecule has 0 saturated carbocycles. The highest BCUT2D eigenvalue weighted by Crippen LogP contribution is 2.37. The summed E-state index contributed by atoms with van der Waals surface area (Å²) in [6, 6.07) is 5.89. The van der Waals surface area contributed by atoms with Crippen LogP contribution in [0.3, 0.4) is 0 Å². The van der Waals surface area contributed by atoms with E-state index in [1.54, 1.807) is 11.3 Å². The lowest BCUT2D eigenvalue weighted by molar-refractivity contribution is 0.171. The van der Waals surface area contributed by atoms with E-state index in [2.05, 4.69) is 33.1 Å². The van der Waals surface area contributed by atoms with Crippen molar-refractivity contribution in [3.05, 3.63) is 23.2 Å². The molecule has 4 nitrogen and oxygen atoms in total. The number of fused-ring (bicyclic) bond motifs is 1. The number of hydrogen-bond acceptors (Lipinski definition) is 5. The lowest BCUT2D eigenvalue weighted by Gasteiger charge is -2.18. The summed E-state index contributed by atoms with van der Waals surface area (Å²) in [5, 5.41) is 10.4. The number of hydrogen-bond donors (Lipinski definition) is 0. The number of ether oxygens (including phenoxy) is 2. The van der Waals surface area contributed by atoms with Crippen LogP contribution in [0.2, 0.25) is 0 Å². The number of benzene rings is 1. The van der Waals surface area contributed by atoms with Crippen molar-refractivity contribution in [1.82, 2.24) is 10.2 Å². The van der Waals surface area contributed by atoms with Gasteiger partial charge in [0, 0.05) is 5.56 Å². The first-order valence-corrected chi connectivity index (χ1v) is 7.88. The summed E-state index contributed by atoms with van der Waals surface area (Å²) in [5.41, 5.74) is 1.02. The molecule has 2 aromatic rings. The van der Waals surface area contributed by atoms with Gasteiger partial charge in [-0.05, 0) is 24.6 Å². The summed E-state index contributed by atoms with van der Waals surface area (Å²) < 4.78 is 11.1. The lowest BCUT2D eigenvalue weighted by Crippen LogP contribution is -2.15. The first-order valence-electron chi connectivity index (χ1n) is 6.15. The highest BCUT2D eigenvalue weighted by molar-refractivity contribution is 9.09. The van der Waals surface area contributed by atoms with Crippen molar-refractivity contribution in [2.24, 2.45) is 0 Å². The Labute approximate surface area is 123 Å². The van der Waals surface area contributed by atoms with E-state index in [9.17, 15) is 0 Å². The van der Waals surface area contributed by atoms with Crippen LogP contribution >= 0.6 is 27.3 Å². The molecule has 1 atom stereocenters. The average molecular weight is 341 g/mol. The van der Waals surface area contributed by atoms with Crippen LogP contribution in [0.25, 0.3) is 10.6 Å². The average Bonchev–Trinajstić information content (AvgIpc) is 2.95. The molecule has 3 rings (SSSR count). The molecule has 0 saturated heterocycles. The number of alkyl halides is 1. The Balaban J connectivity index is 1.91. The fraction of sp³-hybridized carbons (Fsp3) is 0.385. The molecule has 0 aliphatic carbocycles. The van der Waals surface area contributed by atoms with E-state index in [0.29, 0.717) is 13.2 Å². The molecule has 100 valence electrons. The van der Waals surface area contributed by atoms with Gasteiger partial charge in [-0.15, -0.1) is 10.2 Å². The molecule has 0 N–H and O–H groups in total. The third-order valence-corrected chi connectivity index (χ3v) is 5.33. The number of aromatic nitrogens is 2. The zero-order valence-corrected chi connectivity index (χ0v) is 12.8. The normalized spacial score (nSPS) is 15.3. The third kappa shape index (κ3) is 2.60. The van der Waals surface area contributed by atoms with Gasteiger partial charge in [0.2, 0.25) is 0 Å². The van der Waals surface area contributed by atoms with Gasteiger partial charge in [0.1, 0.15) is 23.2 Å². The molecule has 0 radical (unpaired) electrons. The van der Waals surface area contributed by atoms with Crippen LogP contribution < -0.4 is 9.47 Å². The maximum atomic E-state index is 5.58. The summed E-state index contributed by atoms with van der Waals surface area (Å²) in [6.07, 6.45) is 0.996. The summed E-state index contributed by atoms with van der Waals surface area (Å²) in [5.74, 6) is 1.58. The molecular formula is C13H13BrN2O2S. The van der Waals surface area contributed by atoms with Crippen molar-refractivity contribution in [2.45, 2.75) is 18.2 Å². The highest BCUT2D eigenvalue weighted by Gasteiger charge is 2.16. The van der Waals surface area contributed by atoms with Gasteiger partial charge in [-0.3, -0.25) is 0 Å². The Morgan fingerprint density at radius 3 is 2.84 bits per heavy atom. The van der Waals surface area contributed by atoms with Crippen LogP contribution in [0.1, 0.15) is 23.2 Å². The lowest BCUT2D eigenvalue weighted by atomic mass is 10.2. The van der Waals surface area contributed by atoms with E-state index in [-0.39, 0.29) is 4.83 Å². The Hall–Kier alpha value is -1.14. The number of halogens is 1. The quantitative estimate of drug-likeness (QED) is 0.796. The Morgan fingerprint density at radius 1 is 1.26 bits per heavy atom.